The fourth-order valence-corrected chi connectivity index (χ4v) is 2.33. The highest BCUT2D eigenvalue weighted by molar-refractivity contribution is 4.83. The standard InChI is InChI=1S/C12H25NO2/c1-4-10-5-6-11(13)12(7-10)15-9(2)8-14-3/h9-12H,4-8,13H2,1-3H3. The Bertz CT molecular complexity index is 175. The van der Waals surface area contributed by atoms with Crippen LogP contribution in [0.15, 0.2) is 0 Å². The fourth-order valence-electron chi connectivity index (χ4n) is 2.33. The third-order valence-electron chi connectivity index (χ3n) is 3.34. The van der Waals surface area contributed by atoms with Crippen molar-refractivity contribution in [3.8, 4) is 0 Å². The van der Waals surface area contributed by atoms with E-state index in [1.165, 1.54) is 12.8 Å². The van der Waals surface area contributed by atoms with Crippen molar-refractivity contribution in [3.63, 3.8) is 0 Å². The first-order valence-electron chi connectivity index (χ1n) is 6.07. The van der Waals surface area contributed by atoms with E-state index in [9.17, 15) is 0 Å². The topological polar surface area (TPSA) is 44.5 Å². The Labute approximate surface area is 93.3 Å². The molecule has 2 N–H and O–H groups in total. The Balaban J connectivity index is 2.36. The van der Waals surface area contributed by atoms with Crippen LogP contribution in [0.1, 0.15) is 39.5 Å². The molecule has 0 amide bonds. The van der Waals surface area contributed by atoms with Gasteiger partial charge in [-0.05, 0) is 32.1 Å². The monoisotopic (exact) mass is 215 g/mol. The van der Waals surface area contributed by atoms with E-state index >= 15 is 0 Å². The van der Waals surface area contributed by atoms with E-state index in [0.717, 1.165) is 18.8 Å². The van der Waals surface area contributed by atoms with Crippen LogP contribution >= 0.6 is 0 Å². The lowest BCUT2D eigenvalue weighted by Gasteiger charge is -2.35. The Hall–Kier alpha value is -0.120. The molecule has 3 nitrogen and oxygen atoms in total. The highest BCUT2D eigenvalue weighted by atomic mass is 16.5. The summed E-state index contributed by atoms with van der Waals surface area (Å²) in [5.41, 5.74) is 6.07. The quantitative estimate of drug-likeness (QED) is 0.762. The minimum Gasteiger partial charge on any atom is -0.382 e. The van der Waals surface area contributed by atoms with Crippen molar-refractivity contribution in [2.75, 3.05) is 13.7 Å². The maximum absolute atomic E-state index is 6.07. The summed E-state index contributed by atoms with van der Waals surface area (Å²) < 4.78 is 11.0. The molecule has 3 heteroatoms. The fraction of sp³-hybridized carbons (Fsp3) is 1.00. The van der Waals surface area contributed by atoms with E-state index in [4.69, 9.17) is 15.2 Å². The molecular formula is C12H25NO2. The predicted molar refractivity (Wildman–Crippen MR) is 61.8 cm³/mol. The van der Waals surface area contributed by atoms with Crippen LogP contribution in [0.2, 0.25) is 0 Å². The van der Waals surface area contributed by atoms with Gasteiger partial charge in [-0.25, -0.2) is 0 Å². The SMILES string of the molecule is CCC1CCC(N)C(OC(C)COC)C1. The van der Waals surface area contributed by atoms with Crippen LogP contribution in [0.5, 0.6) is 0 Å². The summed E-state index contributed by atoms with van der Waals surface area (Å²) in [4.78, 5) is 0. The average molecular weight is 215 g/mol. The first-order chi connectivity index (χ1) is 7.17. The molecule has 1 saturated carbocycles. The lowest BCUT2D eigenvalue weighted by molar-refractivity contribution is -0.0682. The first kappa shape index (κ1) is 12.9. The molecule has 0 saturated heterocycles. The van der Waals surface area contributed by atoms with Crippen molar-refractivity contribution < 1.29 is 9.47 Å². The number of rotatable bonds is 5. The van der Waals surface area contributed by atoms with Gasteiger partial charge in [-0.2, -0.15) is 0 Å². The first-order valence-corrected chi connectivity index (χ1v) is 6.07. The molecular weight excluding hydrogens is 190 g/mol. The Morgan fingerprint density at radius 1 is 1.40 bits per heavy atom. The number of nitrogens with two attached hydrogens (primary N) is 1. The zero-order valence-electron chi connectivity index (χ0n) is 10.2. The molecule has 90 valence electrons. The molecule has 4 atom stereocenters. The minimum atomic E-state index is 0.154. The van der Waals surface area contributed by atoms with E-state index in [0.29, 0.717) is 6.61 Å². The number of ether oxygens (including phenoxy) is 2. The van der Waals surface area contributed by atoms with Gasteiger partial charge >= 0.3 is 0 Å². The van der Waals surface area contributed by atoms with Crippen LogP contribution in [0.25, 0.3) is 0 Å². The molecule has 0 aromatic heterocycles. The van der Waals surface area contributed by atoms with Crippen molar-refractivity contribution in [1.82, 2.24) is 0 Å². The maximum Gasteiger partial charge on any atom is 0.0784 e. The van der Waals surface area contributed by atoms with Crippen LogP contribution in [-0.4, -0.2) is 32.0 Å². The van der Waals surface area contributed by atoms with Crippen LogP contribution in [0.4, 0.5) is 0 Å². The van der Waals surface area contributed by atoms with Crippen molar-refractivity contribution in [2.24, 2.45) is 11.7 Å². The van der Waals surface area contributed by atoms with Crippen LogP contribution in [0.3, 0.4) is 0 Å². The maximum atomic E-state index is 6.07. The van der Waals surface area contributed by atoms with Gasteiger partial charge in [0.2, 0.25) is 0 Å². The Kier molecular flexibility index (Phi) is 5.58. The molecule has 15 heavy (non-hydrogen) atoms. The van der Waals surface area contributed by atoms with Gasteiger partial charge in [-0.3, -0.25) is 0 Å². The Morgan fingerprint density at radius 3 is 2.73 bits per heavy atom. The van der Waals surface area contributed by atoms with Gasteiger partial charge in [0.1, 0.15) is 0 Å². The summed E-state index contributed by atoms with van der Waals surface area (Å²) >= 11 is 0. The summed E-state index contributed by atoms with van der Waals surface area (Å²) in [5.74, 6) is 0.796. The van der Waals surface area contributed by atoms with Gasteiger partial charge in [-0.15, -0.1) is 0 Å². The molecule has 1 rings (SSSR count). The minimum absolute atomic E-state index is 0.154. The van der Waals surface area contributed by atoms with Gasteiger partial charge < -0.3 is 15.2 Å². The lowest BCUT2D eigenvalue weighted by Crippen LogP contribution is -2.44. The van der Waals surface area contributed by atoms with Gasteiger partial charge in [0.05, 0.1) is 18.8 Å². The highest BCUT2D eigenvalue weighted by Crippen LogP contribution is 2.28. The molecule has 0 aliphatic heterocycles. The smallest absolute Gasteiger partial charge is 0.0784 e. The molecule has 0 aromatic carbocycles. The highest BCUT2D eigenvalue weighted by Gasteiger charge is 2.29. The number of methoxy groups -OCH3 is 1. The second kappa shape index (κ2) is 6.46. The average Bonchev–Trinajstić information content (AvgIpc) is 2.21. The summed E-state index contributed by atoms with van der Waals surface area (Å²) in [6.07, 6.45) is 5.10. The van der Waals surface area contributed by atoms with Crippen LogP contribution < -0.4 is 5.73 Å². The van der Waals surface area contributed by atoms with E-state index in [1.54, 1.807) is 7.11 Å². The van der Waals surface area contributed by atoms with Gasteiger partial charge in [0.15, 0.2) is 0 Å². The predicted octanol–water partition coefficient (Wildman–Crippen LogP) is 1.94. The van der Waals surface area contributed by atoms with Crippen molar-refractivity contribution in [3.05, 3.63) is 0 Å². The number of hydrogen-bond acceptors (Lipinski definition) is 3. The van der Waals surface area contributed by atoms with Crippen molar-refractivity contribution in [1.29, 1.82) is 0 Å². The van der Waals surface area contributed by atoms with E-state index in [-0.39, 0.29) is 18.2 Å². The van der Waals surface area contributed by atoms with Crippen LogP contribution in [0, 0.1) is 5.92 Å². The molecule has 0 radical (unpaired) electrons. The molecule has 0 heterocycles. The lowest BCUT2D eigenvalue weighted by atomic mass is 9.83. The summed E-state index contributed by atoms with van der Waals surface area (Å²) in [6, 6.07) is 0.215. The second-order valence-electron chi connectivity index (χ2n) is 4.69. The molecule has 1 fully saturated rings. The summed E-state index contributed by atoms with van der Waals surface area (Å²) in [7, 11) is 1.70. The summed E-state index contributed by atoms with van der Waals surface area (Å²) in [5, 5.41) is 0. The third-order valence-corrected chi connectivity index (χ3v) is 3.34. The van der Waals surface area contributed by atoms with E-state index in [1.807, 2.05) is 6.92 Å². The molecule has 1 aliphatic rings. The molecule has 1 aliphatic carbocycles. The number of hydrogen-bond donors (Lipinski definition) is 1. The zero-order valence-corrected chi connectivity index (χ0v) is 10.2. The van der Waals surface area contributed by atoms with Gasteiger partial charge in [0.25, 0.3) is 0 Å². The van der Waals surface area contributed by atoms with Crippen molar-refractivity contribution in [2.45, 2.75) is 57.8 Å². The second-order valence-corrected chi connectivity index (χ2v) is 4.69. The largest absolute Gasteiger partial charge is 0.382 e. The Morgan fingerprint density at radius 2 is 2.13 bits per heavy atom. The van der Waals surface area contributed by atoms with Crippen molar-refractivity contribution >= 4 is 0 Å². The molecule has 0 aromatic rings. The summed E-state index contributed by atoms with van der Waals surface area (Å²) in [6.45, 7) is 4.95. The molecule has 4 unspecified atom stereocenters. The molecule has 0 spiro atoms. The van der Waals surface area contributed by atoms with Gasteiger partial charge in [0, 0.05) is 13.2 Å². The van der Waals surface area contributed by atoms with E-state index < -0.39 is 0 Å². The zero-order chi connectivity index (χ0) is 11.3. The third kappa shape index (κ3) is 4.09. The van der Waals surface area contributed by atoms with Gasteiger partial charge in [-0.1, -0.05) is 13.3 Å². The normalized spacial score (nSPS) is 34.0. The van der Waals surface area contributed by atoms with Crippen LogP contribution in [-0.2, 0) is 9.47 Å². The van der Waals surface area contributed by atoms with E-state index in [2.05, 4.69) is 6.92 Å². The molecule has 0 bridgehead atoms.